The molecule has 9 heteroatoms. The van der Waals surface area contributed by atoms with E-state index in [-0.39, 0.29) is 41.7 Å². The van der Waals surface area contributed by atoms with Crippen molar-refractivity contribution in [3.8, 4) is 0 Å². The fourth-order valence-corrected chi connectivity index (χ4v) is 5.65. The Balaban J connectivity index is 1.29. The van der Waals surface area contributed by atoms with Crippen molar-refractivity contribution in [2.45, 2.75) is 50.4 Å². The molecule has 4 unspecified atom stereocenters. The molecule has 0 aromatic heterocycles. The van der Waals surface area contributed by atoms with E-state index in [0.29, 0.717) is 5.56 Å². The number of nitrogens with zero attached hydrogens (tertiary/aromatic N) is 2. The van der Waals surface area contributed by atoms with E-state index in [4.69, 9.17) is 10.5 Å². The Morgan fingerprint density at radius 2 is 1.97 bits per heavy atom. The van der Waals surface area contributed by atoms with Gasteiger partial charge in [0.05, 0.1) is 30.8 Å². The molecule has 4 saturated heterocycles. The van der Waals surface area contributed by atoms with Gasteiger partial charge in [0, 0.05) is 37.2 Å². The van der Waals surface area contributed by atoms with Crippen LogP contribution in [0.4, 0.5) is 4.39 Å². The van der Waals surface area contributed by atoms with E-state index in [2.05, 4.69) is 21.1 Å². The van der Waals surface area contributed by atoms with Gasteiger partial charge in [-0.15, -0.1) is 0 Å². The minimum atomic E-state index is -0.420. The van der Waals surface area contributed by atoms with Gasteiger partial charge in [0.2, 0.25) is 5.91 Å². The summed E-state index contributed by atoms with van der Waals surface area (Å²) in [6.07, 6.45) is 1.53. The average molecular weight is 419 g/mol. The van der Waals surface area contributed by atoms with Crippen LogP contribution in [0.1, 0.15) is 31.4 Å². The second-order valence-corrected chi connectivity index (χ2v) is 9.22. The zero-order valence-electron chi connectivity index (χ0n) is 17.5. The van der Waals surface area contributed by atoms with Crippen molar-refractivity contribution in [1.29, 1.82) is 0 Å². The molecule has 0 radical (unpaired) electrons. The number of amides is 1. The van der Waals surface area contributed by atoms with Crippen LogP contribution < -0.4 is 21.9 Å². The molecule has 164 valence electrons. The maximum atomic E-state index is 14.4. The number of fused-ring (bicyclic) bond motifs is 1. The normalized spacial score (nSPS) is 38.9. The number of nitrogens with two attached hydrogens (primary N) is 1. The Bertz CT molecular complexity index is 816. The minimum Gasteiger partial charge on any atom is -0.376 e. The van der Waals surface area contributed by atoms with Crippen LogP contribution in [0.15, 0.2) is 24.3 Å². The van der Waals surface area contributed by atoms with Gasteiger partial charge >= 0.3 is 0 Å². The Kier molecular flexibility index (Phi) is 5.08. The summed E-state index contributed by atoms with van der Waals surface area (Å²) in [6, 6.07) is 6.26. The number of likely N-dealkylation sites (tertiary alicyclic amines) is 1. The van der Waals surface area contributed by atoms with E-state index in [0.717, 1.165) is 32.5 Å². The van der Waals surface area contributed by atoms with E-state index < -0.39 is 12.0 Å². The molecular formula is C21H31FN6O2. The van der Waals surface area contributed by atoms with Crippen molar-refractivity contribution in [3.05, 3.63) is 35.6 Å². The van der Waals surface area contributed by atoms with Crippen LogP contribution >= 0.6 is 0 Å². The first-order chi connectivity index (χ1) is 14.4. The monoisotopic (exact) mass is 418 g/mol. The molecule has 1 aromatic rings. The lowest BCUT2D eigenvalue weighted by Gasteiger charge is -2.49. The van der Waals surface area contributed by atoms with E-state index in [1.54, 1.807) is 23.1 Å². The van der Waals surface area contributed by atoms with Crippen molar-refractivity contribution < 1.29 is 13.9 Å². The largest absolute Gasteiger partial charge is 0.376 e. The summed E-state index contributed by atoms with van der Waals surface area (Å²) >= 11 is 0. The Labute approximate surface area is 176 Å². The van der Waals surface area contributed by atoms with Gasteiger partial charge in [-0.05, 0) is 25.8 Å². The number of ether oxygens (including phenoxy) is 1. The van der Waals surface area contributed by atoms with Crippen molar-refractivity contribution in [2.24, 2.45) is 17.1 Å². The van der Waals surface area contributed by atoms with Crippen LogP contribution in [0.5, 0.6) is 0 Å². The molecule has 30 heavy (non-hydrogen) atoms. The summed E-state index contributed by atoms with van der Waals surface area (Å²) in [6.45, 7) is 4.46. The minimum absolute atomic E-state index is 0.00399. The van der Waals surface area contributed by atoms with Gasteiger partial charge < -0.3 is 15.4 Å². The van der Waals surface area contributed by atoms with Crippen LogP contribution in [0.3, 0.4) is 0 Å². The maximum absolute atomic E-state index is 14.4. The van der Waals surface area contributed by atoms with Gasteiger partial charge in [-0.1, -0.05) is 18.2 Å². The van der Waals surface area contributed by atoms with E-state index in [1.165, 1.54) is 6.07 Å². The third-order valence-electron chi connectivity index (χ3n) is 7.67. The number of piperidine rings is 1. The second kappa shape index (κ2) is 7.51. The SMILES string of the molecule is C[C@@H]1OCC2(CCN(C3NC4NNC(c5ccccc5F)C4C(=O)N3C)CC2)[C@@H]1N. The molecule has 1 spiro atoms. The van der Waals surface area contributed by atoms with Gasteiger partial charge in [0.1, 0.15) is 12.1 Å². The van der Waals surface area contributed by atoms with Gasteiger partial charge in [0.25, 0.3) is 0 Å². The summed E-state index contributed by atoms with van der Waals surface area (Å²) in [7, 11) is 1.82. The van der Waals surface area contributed by atoms with Crippen molar-refractivity contribution in [1.82, 2.24) is 26.0 Å². The number of halogens is 1. The quantitative estimate of drug-likeness (QED) is 0.541. The van der Waals surface area contributed by atoms with Gasteiger partial charge in [-0.2, -0.15) is 0 Å². The lowest BCUT2D eigenvalue weighted by Crippen LogP contribution is -2.70. The standard InChI is InChI=1S/C21H31FN6O2/c1-12-17(23)21(11-30-12)7-9-28(10-8-21)20-24-18-15(19(29)27(20)2)16(25-26-18)13-5-3-4-6-14(13)22/h3-6,12,15-18,20,24-26H,7-11,23H2,1-2H3/t12-,15?,16?,17+,18?,20?/m0/s1. The Hall–Kier alpha value is -1.62. The van der Waals surface area contributed by atoms with Crippen LogP contribution in [0.25, 0.3) is 0 Å². The predicted octanol–water partition coefficient (Wildman–Crippen LogP) is 0.0903. The molecule has 1 aromatic carbocycles. The van der Waals surface area contributed by atoms with Gasteiger partial charge in [-0.25, -0.2) is 15.2 Å². The highest BCUT2D eigenvalue weighted by molar-refractivity contribution is 5.81. The zero-order chi connectivity index (χ0) is 21.0. The average Bonchev–Trinajstić information content (AvgIpc) is 3.29. The summed E-state index contributed by atoms with van der Waals surface area (Å²) in [5.74, 6) is -0.721. The second-order valence-electron chi connectivity index (χ2n) is 9.22. The van der Waals surface area contributed by atoms with Crippen molar-refractivity contribution >= 4 is 5.91 Å². The topological polar surface area (TPSA) is 94.9 Å². The maximum Gasteiger partial charge on any atom is 0.232 e. The first-order valence-corrected chi connectivity index (χ1v) is 10.8. The van der Waals surface area contributed by atoms with E-state index >= 15 is 0 Å². The molecule has 4 aliphatic rings. The smallest absolute Gasteiger partial charge is 0.232 e. The highest BCUT2D eigenvalue weighted by Gasteiger charge is 2.52. The fraction of sp³-hybridized carbons (Fsp3) is 0.667. The number of hydrazine groups is 1. The first kappa shape index (κ1) is 20.3. The van der Waals surface area contributed by atoms with E-state index in [1.807, 2.05) is 14.0 Å². The van der Waals surface area contributed by atoms with Crippen LogP contribution in [-0.4, -0.2) is 67.1 Å². The Morgan fingerprint density at radius 3 is 2.63 bits per heavy atom. The molecule has 8 nitrogen and oxygen atoms in total. The van der Waals surface area contributed by atoms with E-state index in [9.17, 15) is 9.18 Å². The lowest BCUT2D eigenvalue weighted by atomic mass is 9.73. The van der Waals surface area contributed by atoms with Crippen LogP contribution in [0.2, 0.25) is 0 Å². The van der Waals surface area contributed by atoms with Crippen molar-refractivity contribution in [3.63, 3.8) is 0 Å². The van der Waals surface area contributed by atoms with Crippen molar-refractivity contribution in [2.75, 3.05) is 26.7 Å². The summed E-state index contributed by atoms with van der Waals surface area (Å²) < 4.78 is 20.2. The highest BCUT2D eigenvalue weighted by Crippen LogP contribution is 2.42. The lowest BCUT2D eigenvalue weighted by molar-refractivity contribution is -0.151. The van der Waals surface area contributed by atoms with Crippen LogP contribution in [-0.2, 0) is 9.53 Å². The summed E-state index contributed by atoms with van der Waals surface area (Å²) in [5.41, 5.74) is 13.3. The molecule has 4 heterocycles. The molecule has 0 bridgehead atoms. The summed E-state index contributed by atoms with van der Waals surface area (Å²) in [5, 5.41) is 3.56. The molecule has 5 N–H and O–H groups in total. The highest BCUT2D eigenvalue weighted by atomic mass is 19.1. The molecule has 5 rings (SSSR count). The molecular weight excluding hydrogens is 387 g/mol. The fourth-order valence-electron chi connectivity index (χ4n) is 5.65. The number of carbonyl (C=O) groups is 1. The Morgan fingerprint density at radius 1 is 1.23 bits per heavy atom. The van der Waals surface area contributed by atoms with Gasteiger partial charge in [0.15, 0.2) is 0 Å². The molecule has 4 fully saturated rings. The third kappa shape index (κ3) is 3.07. The number of hydrogen-bond donors (Lipinski definition) is 4. The number of hydrogen-bond acceptors (Lipinski definition) is 7. The molecule has 0 saturated carbocycles. The molecule has 6 atom stereocenters. The molecule has 4 aliphatic heterocycles. The van der Waals surface area contributed by atoms with Crippen LogP contribution in [0, 0.1) is 17.2 Å². The summed E-state index contributed by atoms with van der Waals surface area (Å²) in [4.78, 5) is 17.4. The first-order valence-electron chi connectivity index (χ1n) is 10.8. The molecule has 1 amide bonds. The number of rotatable bonds is 2. The number of nitrogens with one attached hydrogen (secondary N) is 3. The van der Waals surface area contributed by atoms with Gasteiger partial charge in [-0.3, -0.25) is 15.0 Å². The third-order valence-corrected chi connectivity index (χ3v) is 7.67. The predicted molar refractivity (Wildman–Crippen MR) is 109 cm³/mol. The molecule has 0 aliphatic carbocycles. The number of carbonyl (C=O) groups excluding carboxylic acids is 1. The zero-order valence-corrected chi connectivity index (χ0v) is 17.5. The number of benzene rings is 1.